The lowest BCUT2D eigenvalue weighted by molar-refractivity contribution is 0.00218. The molecule has 3 aromatic heterocycles. The predicted octanol–water partition coefficient (Wildman–Crippen LogP) is 2.65. The van der Waals surface area contributed by atoms with Gasteiger partial charge in [-0.25, -0.2) is 0 Å². The molecular weight excluding hydrogens is 330 g/mol. The number of furan rings is 1. The van der Waals surface area contributed by atoms with Crippen molar-refractivity contribution in [3.05, 3.63) is 84.3 Å². The van der Waals surface area contributed by atoms with E-state index in [4.69, 9.17) is 9.15 Å². The van der Waals surface area contributed by atoms with Crippen molar-refractivity contribution in [2.24, 2.45) is 0 Å². The van der Waals surface area contributed by atoms with Crippen molar-refractivity contribution in [3.63, 3.8) is 0 Å². The summed E-state index contributed by atoms with van der Waals surface area (Å²) in [6.07, 6.45) is 4.54. The topological polar surface area (TPSA) is 71.6 Å². The van der Waals surface area contributed by atoms with Gasteiger partial charge in [-0.3, -0.25) is 14.9 Å². The minimum absolute atomic E-state index is 0.238. The third-order valence-corrected chi connectivity index (χ3v) is 3.83. The van der Waals surface area contributed by atoms with Crippen molar-refractivity contribution >= 4 is 0 Å². The zero-order valence-corrected chi connectivity index (χ0v) is 14.6. The van der Waals surface area contributed by atoms with E-state index in [0.717, 1.165) is 17.1 Å². The molecule has 3 heterocycles. The van der Waals surface area contributed by atoms with Crippen molar-refractivity contribution in [2.75, 3.05) is 13.2 Å². The highest BCUT2D eigenvalue weighted by molar-refractivity contribution is 5.06. The van der Waals surface area contributed by atoms with Crippen LogP contribution in [-0.2, 0) is 24.4 Å². The number of aliphatic hydroxyl groups is 1. The molecule has 0 saturated heterocycles. The first-order valence-electron chi connectivity index (χ1n) is 8.60. The lowest BCUT2D eigenvalue weighted by atomic mass is 10.2. The molecule has 0 aliphatic heterocycles. The fourth-order valence-electron chi connectivity index (χ4n) is 2.67. The minimum Gasteiger partial charge on any atom is -0.467 e. The van der Waals surface area contributed by atoms with Gasteiger partial charge < -0.3 is 14.3 Å². The summed E-state index contributed by atoms with van der Waals surface area (Å²) in [4.78, 5) is 10.9. The lowest BCUT2D eigenvalue weighted by Crippen LogP contribution is -2.34. The van der Waals surface area contributed by atoms with Crippen LogP contribution in [0.1, 0.15) is 17.1 Å². The minimum atomic E-state index is -0.614. The van der Waals surface area contributed by atoms with Gasteiger partial charge in [-0.1, -0.05) is 12.1 Å². The van der Waals surface area contributed by atoms with E-state index in [-0.39, 0.29) is 6.61 Å². The van der Waals surface area contributed by atoms with Crippen molar-refractivity contribution in [1.82, 2.24) is 14.9 Å². The highest BCUT2D eigenvalue weighted by Crippen LogP contribution is 2.09. The molecule has 0 spiro atoms. The smallest absolute Gasteiger partial charge is 0.129 e. The zero-order valence-electron chi connectivity index (χ0n) is 14.6. The van der Waals surface area contributed by atoms with E-state index in [1.807, 2.05) is 48.5 Å². The van der Waals surface area contributed by atoms with Gasteiger partial charge in [0.05, 0.1) is 30.4 Å². The van der Waals surface area contributed by atoms with Crippen molar-refractivity contribution in [1.29, 1.82) is 0 Å². The van der Waals surface area contributed by atoms with Crippen LogP contribution in [0.2, 0.25) is 0 Å². The summed E-state index contributed by atoms with van der Waals surface area (Å²) in [7, 11) is 0. The van der Waals surface area contributed by atoms with E-state index in [1.165, 1.54) is 0 Å². The van der Waals surface area contributed by atoms with Crippen LogP contribution in [0.5, 0.6) is 0 Å². The van der Waals surface area contributed by atoms with Crippen LogP contribution in [0.3, 0.4) is 0 Å². The molecule has 0 saturated carbocycles. The van der Waals surface area contributed by atoms with Gasteiger partial charge in [0.15, 0.2) is 0 Å². The average molecular weight is 353 g/mol. The molecule has 6 nitrogen and oxygen atoms in total. The molecule has 1 N–H and O–H groups in total. The van der Waals surface area contributed by atoms with Crippen LogP contribution in [0.15, 0.2) is 71.6 Å². The van der Waals surface area contributed by atoms with Crippen LogP contribution < -0.4 is 0 Å². The lowest BCUT2D eigenvalue weighted by Gasteiger charge is -2.24. The molecule has 1 unspecified atom stereocenters. The summed E-state index contributed by atoms with van der Waals surface area (Å²) < 4.78 is 10.8. The third kappa shape index (κ3) is 6.07. The van der Waals surface area contributed by atoms with Crippen LogP contribution in [0.4, 0.5) is 0 Å². The maximum absolute atomic E-state index is 10.4. The quantitative estimate of drug-likeness (QED) is 0.604. The van der Waals surface area contributed by atoms with Gasteiger partial charge in [0.2, 0.25) is 0 Å². The van der Waals surface area contributed by atoms with E-state index in [9.17, 15) is 5.11 Å². The van der Waals surface area contributed by atoms with E-state index in [2.05, 4.69) is 14.9 Å². The molecule has 6 heteroatoms. The van der Waals surface area contributed by atoms with Gasteiger partial charge >= 0.3 is 0 Å². The Bertz CT molecular complexity index is 694. The first kappa shape index (κ1) is 18.3. The van der Waals surface area contributed by atoms with Gasteiger partial charge in [-0.05, 0) is 36.4 Å². The number of nitrogens with zero attached hydrogens (tertiary/aromatic N) is 3. The largest absolute Gasteiger partial charge is 0.467 e. The number of aliphatic hydroxyl groups excluding tert-OH is 1. The highest BCUT2D eigenvalue weighted by Gasteiger charge is 2.14. The van der Waals surface area contributed by atoms with Gasteiger partial charge in [0, 0.05) is 32.0 Å². The molecule has 0 radical (unpaired) electrons. The number of hydrogen-bond acceptors (Lipinski definition) is 6. The zero-order chi connectivity index (χ0) is 18.0. The standard InChI is InChI=1S/C20H23N3O3/c24-19(15-25-16-20-8-5-11-26-20)14-23(12-17-6-1-3-9-21-17)13-18-7-2-4-10-22-18/h1-11,19,24H,12-16H2. The van der Waals surface area contributed by atoms with Crippen LogP contribution in [0, 0.1) is 0 Å². The molecule has 136 valence electrons. The van der Waals surface area contributed by atoms with E-state index in [0.29, 0.717) is 26.2 Å². The summed E-state index contributed by atoms with van der Waals surface area (Å²) in [6, 6.07) is 15.3. The molecule has 0 aliphatic rings. The van der Waals surface area contributed by atoms with Crippen LogP contribution >= 0.6 is 0 Å². The third-order valence-electron chi connectivity index (χ3n) is 3.83. The normalized spacial score (nSPS) is 12.4. The maximum atomic E-state index is 10.4. The number of pyridine rings is 2. The van der Waals surface area contributed by atoms with E-state index < -0.39 is 6.10 Å². The Morgan fingerprint density at radius 2 is 1.65 bits per heavy atom. The van der Waals surface area contributed by atoms with E-state index in [1.54, 1.807) is 18.7 Å². The Hall–Kier alpha value is -2.54. The second kappa shape index (κ2) is 9.82. The van der Waals surface area contributed by atoms with Gasteiger partial charge in [0.1, 0.15) is 12.4 Å². The Balaban J connectivity index is 1.55. The molecule has 3 aromatic rings. The van der Waals surface area contributed by atoms with Crippen molar-refractivity contribution in [2.45, 2.75) is 25.8 Å². The highest BCUT2D eigenvalue weighted by atomic mass is 16.5. The monoisotopic (exact) mass is 353 g/mol. The van der Waals surface area contributed by atoms with Gasteiger partial charge in [0.25, 0.3) is 0 Å². The molecule has 26 heavy (non-hydrogen) atoms. The molecule has 0 amide bonds. The van der Waals surface area contributed by atoms with Crippen LogP contribution in [0.25, 0.3) is 0 Å². The second-order valence-corrected chi connectivity index (χ2v) is 6.06. The predicted molar refractivity (Wildman–Crippen MR) is 97.0 cm³/mol. The Kier molecular flexibility index (Phi) is 6.89. The first-order chi connectivity index (χ1) is 12.8. The fourth-order valence-corrected chi connectivity index (χ4v) is 2.67. The molecule has 0 aliphatic carbocycles. The summed E-state index contributed by atoms with van der Waals surface area (Å²) in [5.74, 6) is 0.746. The molecule has 0 aromatic carbocycles. The molecule has 3 rings (SSSR count). The van der Waals surface area contributed by atoms with Crippen molar-refractivity contribution in [3.8, 4) is 0 Å². The van der Waals surface area contributed by atoms with Gasteiger partial charge in [-0.2, -0.15) is 0 Å². The summed E-state index contributed by atoms with van der Waals surface area (Å²) >= 11 is 0. The summed E-state index contributed by atoms with van der Waals surface area (Å²) in [5, 5.41) is 10.4. The Morgan fingerprint density at radius 1 is 0.962 bits per heavy atom. The van der Waals surface area contributed by atoms with Gasteiger partial charge in [-0.15, -0.1) is 0 Å². The maximum Gasteiger partial charge on any atom is 0.129 e. The van der Waals surface area contributed by atoms with Crippen LogP contribution in [-0.4, -0.2) is 39.2 Å². The number of aromatic nitrogens is 2. The van der Waals surface area contributed by atoms with Crippen molar-refractivity contribution < 1.29 is 14.3 Å². The molecule has 1 atom stereocenters. The SMILES string of the molecule is OC(COCc1ccco1)CN(Cc1ccccn1)Cc1ccccn1. The van der Waals surface area contributed by atoms with E-state index >= 15 is 0 Å². The molecule has 0 bridgehead atoms. The number of hydrogen-bond donors (Lipinski definition) is 1. The average Bonchev–Trinajstić information content (AvgIpc) is 3.17. The molecular formula is C20H23N3O3. The number of rotatable bonds is 10. The summed E-state index contributed by atoms with van der Waals surface area (Å²) in [5.41, 5.74) is 1.90. The number of ether oxygens (including phenoxy) is 1. The first-order valence-corrected chi connectivity index (χ1v) is 8.60. The molecule has 0 fully saturated rings. The Morgan fingerprint density at radius 3 is 2.19 bits per heavy atom. The summed E-state index contributed by atoms with van der Waals surface area (Å²) in [6.45, 7) is 2.32. The second-order valence-electron chi connectivity index (χ2n) is 6.06. The fraction of sp³-hybridized carbons (Fsp3) is 0.300. The Labute approximate surface area is 153 Å².